The number of H-pyrrole nitrogens is 1. The average Bonchev–Trinajstić information content (AvgIpc) is 2.96. The van der Waals surface area contributed by atoms with E-state index < -0.39 is 0 Å². The summed E-state index contributed by atoms with van der Waals surface area (Å²) in [5, 5.41) is 4.01. The van der Waals surface area contributed by atoms with Crippen LogP contribution in [0.5, 0.6) is 5.88 Å². The first-order valence-corrected chi connectivity index (χ1v) is 7.01. The van der Waals surface area contributed by atoms with Crippen molar-refractivity contribution in [3.8, 4) is 5.88 Å². The zero-order chi connectivity index (χ0) is 15.1. The van der Waals surface area contributed by atoms with Gasteiger partial charge in [0.15, 0.2) is 10.4 Å². The highest BCUT2D eigenvalue weighted by molar-refractivity contribution is 7.71. The Labute approximate surface area is 126 Å². The lowest BCUT2D eigenvalue weighted by Gasteiger charge is -2.14. The van der Waals surface area contributed by atoms with E-state index in [4.69, 9.17) is 21.5 Å². The van der Waals surface area contributed by atoms with Crippen molar-refractivity contribution < 1.29 is 9.26 Å². The summed E-state index contributed by atoms with van der Waals surface area (Å²) in [5.74, 6) is 1.34. The van der Waals surface area contributed by atoms with Crippen molar-refractivity contribution in [3.63, 3.8) is 0 Å². The lowest BCUT2D eigenvalue weighted by Crippen LogP contribution is -2.09. The number of hydrogen-bond acceptors (Lipinski definition) is 5. The lowest BCUT2D eigenvalue weighted by molar-refractivity contribution is 0.391. The first-order valence-electron chi connectivity index (χ1n) is 6.61. The Morgan fingerprint density at radius 3 is 2.76 bits per heavy atom. The average molecular weight is 304 g/mol. The maximum atomic E-state index is 5.44. The molecular formula is C14H16N4O2S. The molecule has 0 aliphatic rings. The smallest absolute Gasteiger partial charge is 0.215 e. The summed E-state index contributed by atoms with van der Waals surface area (Å²) in [7, 11) is 1.59. The van der Waals surface area contributed by atoms with E-state index >= 15 is 0 Å². The molecule has 110 valence electrons. The first kappa shape index (κ1) is 13.8. The van der Waals surface area contributed by atoms with Gasteiger partial charge in [0.2, 0.25) is 5.88 Å². The quantitative estimate of drug-likeness (QED) is 0.752. The van der Waals surface area contributed by atoms with E-state index in [0.717, 1.165) is 28.2 Å². The largest absolute Gasteiger partial charge is 0.481 e. The van der Waals surface area contributed by atoms with Gasteiger partial charge in [-0.25, -0.2) is 0 Å². The van der Waals surface area contributed by atoms with Crippen LogP contribution in [0, 0.1) is 18.6 Å². The topological polar surface area (TPSA) is 68.9 Å². The van der Waals surface area contributed by atoms with Crippen molar-refractivity contribution >= 4 is 23.4 Å². The summed E-state index contributed by atoms with van der Waals surface area (Å²) in [6, 6.07) is 3.68. The van der Waals surface area contributed by atoms with Gasteiger partial charge in [0.05, 0.1) is 24.4 Å². The highest BCUT2D eigenvalue weighted by Gasteiger charge is 2.21. The fraction of sp³-hybridized carbons (Fsp3) is 0.357. The second kappa shape index (κ2) is 5.00. The fourth-order valence-corrected chi connectivity index (χ4v) is 3.03. The molecule has 1 unspecified atom stereocenters. The molecule has 0 saturated heterocycles. The molecule has 3 rings (SSSR count). The van der Waals surface area contributed by atoms with Crippen LogP contribution >= 0.6 is 12.2 Å². The van der Waals surface area contributed by atoms with Gasteiger partial charge in [-0.15, -0.1) is 0 Å². The molecular weight excluding hydrogens is 288 g/mol. The van der Waals surface area contributed by atoms with Crippen molar-refractivity contribution in [1.29, 1.82) is 0 Å². The van der Waals surface area contributed by atoms with Crippen LogP contribution in [0.1, 0.15) is 30.0 Å². The maximum absolute atomic E-state index is 5.44. The van der Waals surface area contributed by atoms with Crippen LogP contribution < -0.4 is 4.74 Å². The molecule has 7 heteroatoms. The molecule has 0 saturated carbocycles. The van der Waals surface area contributed by atoms with E-state index in [1.807, 2.05) is 24.5 Å². The number of aromatic amines is 1. The van der Waals surface area contributed by atoms with Crippen LogP contribution in [0.15, 0.2) is 16.7 Å². The van der Waals surface area contributed by atoms with Crippen LogP contribution in [-0.4, -0.2) is 26.8 Å². The third kappa shape index (κ3) is 2.13. The van der Waals surface area contributed by atoms with E-state index in [-0.39, 0.29) is 6.04 Å². The second-order valence-corrected chi connectivity index (χ2v) is 5.33. The van der Waals surface area contributed by atoms with Gasteiger partial charge < -0.3 is 14.2 Å². The maximum Gasteiger partial charge on any atom is 0.215 e. The Balaban J connectivity index is 2.24. The number of nitrogens with zero attached hydrogens (tertiary/aromatic N) is 3. The summed E-state index contributed by atoms with van der Waals surface area (Å²) in [4.78, 5) is 7.67. The Hall–Kier alpha value is -2.15. The molecule has 0 amide bonds. The highest BCUT2D eigenvalue weighted by Crippen LogP contribution is 2.28. The number of imidazole rings is 1. The normalized spacial score (nSPS) is 12.8. The van der Waals surface area contributed by atoms with Crippen molar-refractivity contribution in [3.05, 3.63) is 33.9 Å². The lowest BCUT2D eigenvalue weighted by atomic mass is 10.1. The minimum atomic E-state index is -0.0305. The Morgan fingerprint density at radius 2 is 2.14 bits per heavy atom. The van der Waals surface area contributed by atoms with E-state index in [1.165, 1.54) is 0 Å². The van der Waals surface area contributed by atoms with Crippen LogP contribution in [0.3, 0.4) is 0 Å². The fourth-order valence-electron chi connectivity index (χ4n) is 2.67. The van der Waals surface area contributed by atoms with Crippen molar-refractivity contribution in [2.75, 3.05) is 7.11 Å². The van der Waals surface area contributed by atoms with Crippen molar-refractivity contribution in [1.82, 2.24) is 19.7 Å². The highest BCUT2D eigenvalue weighted by atomic mass is 32.1. The van der Waals surface area contributed by atoms with Gasteiger partial charge in [0.25, 0.3) is 0 Å². The SMILES string of the molecule is COc1ccc2[nH]c(=S)n(C(C)c3c(C)noc3C)c2n1. The van der Waals surface area contributed by atoms with Gasteiger partial charge in [0, 0.05) is 11.6 Å². The number of aromatic nitrogens is 4. The summed E-state index contributed by atoms with van der Waals surface area (Å²) in [6.07, 6.45) is 0. The minimum Gasteiger partial charge on any atom is -0.481 e. The van der Waals surface area contributed by atoms with Gasteiger partial charge in [-0.1, -0.05) is 5.16 Å². The molecule has 6 nitrogen and oxygen atoms in total. The number of aryl methyl sites for hydroxylation is 2. The van der Waals surface area contributed by atoms with Crippen molar-refractivity contribution in [2.24, 2.45) is 0 Å². The van der Waals surface area contributed by atoms with Crippen LogP contribution in [0.2, 0.25) is 0 Å². The van der Waals surface area contributed by atoms with Crippen LogP contribution in [0.4, 0.5) is 0 Å². The zero-order valence-electron chi connectivity index (χ0n) is 12.3. The van der Waals surface area contributed by atoms with Gasteiger partial charge in [0.1, 0.15) is 5.76 Å². The standard InChI is InChI=1S/C14H16N4O2S/c1-7-12(9(3)20-17-7)8(2)18-13-10(15-14(18)21)5-6-11(16-13)19-4/h5-6,8H,1-4H3,(H,15,21). The van der Waals surface area contributed by atoms with Gasteiger partial charge in [-0.05, 0) is 39.1 Å². The summed E-state index contributed by atoms with van der Waals surface area (Å²) in [6.45, 7) is 5.88. The van der Waals surface area contributed by atoms with E-state index in [0.29, 0.717) is 10.7 Å². The first-order chi connectivity index (χ1) is 10.0. The van der Waals surface area contributed by atoms with Gasteiger partial charge in [-0.2, -0.15) is 4.98 Å². The molecule has 3 heterocycles. The molecule has 21 heavy (non-hydrogen) atoms. The molecule has 0 bridgehead atoms. The molecule has 1 N–H and O–H groups in total. The molecule has 3 aromatic heterocycles. The molecule has 0 aliphatic heterocycles. The van der Waals surface area contributed by atoms with E-state index in [1.54, 1.807) is 13.2 Å². The summed E-state index contributed by atoms with van der Waals surface area (Å²) >= 11 is 5.44. The molecule has 3 aromatic rings. The second-order valence-electron chi connectivity index (χ2n) is 4.94. The number of nitrogens with one attached hydrogen (secondary N) is 1. The number of fused-ring (bicyclic) bond motifs is 1. The molecule has 0 aliphatic carbocycles. The van der Waals surface area contributed by atoms with Crippen LogP contribution in [-0.2, 0) is 0 Å². The predicted octanol–water partition coefficient (Wildman–Crippen LogP) is 3.32. The predicted molar refractivity (Wildman–Crippen MR) is 81.3 cm³/mol. The molecule has 1 atom stereocenters. The van der Waals surface area contributed by atoms with Gasteiger partial charge in [-0.3, -0.25) is 4.57 Å². The monoisotopic (exact) mass is 304 g/mol. The number of hydrogen-bond donors (Lipinski definition) is 1. The molecule has 0 spiro atoms. The molecule has 0 fully saturated rings. The van der Waals surface area contributed by atoms with E-state index in [2.05, 4.69) is 22.0 Å². The molecule has 0 aromatic carbocycles. The third-order valence-electron chi connectivity index (χ3n) is 3.64. The van der Waals surface area contributed by atoms with Crippen molar-refractivity contribution in [2.45, 2.75) is 26.8 Å². The Morgan fingerprint density at radius 1 is 1.38 bits per heavy atom. The van der Waals surface area contributed by atoms with E-state index in [9.17, 15) is 0 Å². The number of pyridine rings is 1. The number of methoxy groups -OCH3 is 1. The third-order valence-corrected chi connectivity index (χ3v) is 3.94. The number of rotatable bonds is 3. The summed E-state index contributed by atoms with van der Waals surface area (Å²) in [5.41, 5.74) is 3.52. The summed E-state index contributed by atoms with van der Waals surface area (Å²) < 4.78 is 13.0. The minimum absolute atomic E-state index is 0.0305. The zero-order valence-corrected chi connectivity index (χ0v) is 13.1. The number of ether oxygens (including phenoxy) is 1. The Kier molecular flexibility index (Phi) is 3.29. The van der Waals surface area contributed by atoms with Gasteiger partial charge >= 0.3 is 0 Å². The van der Waals surface area contributed by atoms with Crippen LogP contribution in [0.25, 0.3) is 11.2 Å². The Bertz CT molecular complexity index is 842. The molecule has 0 radical (unpaired) electrons.